The molecular weight excluding hydrogens is 639 g/mol. The van der Waals surface area contributed by atoms with Crippen LogP contribution in [-0.2, 0) is 0 Å². The summed E-state index contributed by atoms with van der Waals surface area (Å²) in [6, 6.07) is 67.4. The number of hydrogen-bond acceptors (Lipinski definition) is 3. The third-order valence-corrected chi connectivity index (χ3v) is 11.0. The van der Waals surface area contributed by atoms with Gasteiger partial charge in [0.05, 0.1) is 11.1 Å². The second-order valence-corrected chi connectivity index (χ2v) is 14.0. The van der Waals surface area contributed by atoms with E-state index in [2.05, 4.69) is 181 Å². The third kappa shape index (κ3) is 5.18. The Morgan fingerprint density at radius 3 is 1.75 bits per heavy atom. The highest BCUT2D eigenvalue weighted by molar-refractivity contribution is 7.25. The summed E-state index contributed by atoms with van der Waals surface area (Å²) >= 11 is 1.86. The Kier molecular flexibility index (Phi) is 7.04. The van der Waals surface area contributed by atoms with Crippen LogP contribution in [0.2, 0.25) is 0 Å². The summed E-state index contributed by atoms with van der Waals surface area (Å²) in [6.07, 6.45) is 0. The molecule has 10 rings (SSSR count). The molecule has 0 saturated heterocycles. The van der Waals surface area contributed by atoms with Crippen molar-refractivity contribution in [2.75, 3.05) is 4.90 Å². The van der Waals surface area contributed by atoms with Gasteiger partial charge in [0.1, 0.15) is 11.2 Å². The van der Waals surface area contributed by atoms with E-state index in [9.17, 15) is 0 Å². The molecule has 10 aromatic rings. The zero-order valence-corrected chi connectivity index (χ0v) is 28.5. The summed E-state index contributed by atoms with van der Waals surface area (Å²) in [6.45, 7) is 0. The van der Waals surface area contributed by atoms with Crippen molar-refractivity contribution in [3.05, 3.63) is 188 Å². The zero-order valence-electron chi connectivity index (χ0n) is 27.7. The van der Waals surface area contributed by atoms with Gasteiger partial charge in [0.15, 0.2) is 0 Å². The number of hydrogen-bond donors (Lipinski definition) is 0. The summed E-state index contributed by atoms with van der Waals surface area (Å²) < 4.78 is 9.00. The first-order chi connectivity index (χ1) is 25.3. The molecule has 0 N–H and O–H groups in total. The number of para-hydroxylation sites is 1. The summed E-state index contributed by atoms with van der Waals surface area (Å²) in [5.74, 6) is 0. The summed E-state index contributed by atoms with van der Waals surface area (Å²) in [5.41, 5.74) is 12.2. The maximum atomic E-state index is 6.36. The fourth-order valence-electron chi connectivity index (χ4n) is 7.39. The molecule has 2 aromatic heterocycles. The molecule has 2 heterocycles. The lowest BCUT2D eigenvalue weighted by atomic mass is 9.99. The van der Waals surface area contributed by atoms with E-state index in [1.165, 1.54) is 48.0 Å². The highest BCUT2D eigenvalue weighted by Gasteiger charge is 2.20. The fraction of sp³-hybridized carbons (Fsp3) is 0. The number of benzene rings is 8. The molecule has 51 heavy (non-hydrogen) atoms. The molecule has 2 nitrogen and oxygen atoms in total. The standard InChI is InChI=1S/C48H31NOS/c1-2-10-32(11-3-1)33-20-22-34(23-21-33)36-12-8-13-39(30-36)49(43-16-9-18-45-48(43)42-15-4-6-17-44(42)50-45)38-27-24-35(25-28-38)37-26-29-41-40-14-5-7-19-46(40)51-47(41)31-37/h1-31H. The van der Waals surface area contributed by atoms with Crippen molar-refractivity contribution < 1.29 is 4.42 Å². The van der Waals surface area contributed by atoms with E-state index < -0.39 is 0 Å². The minimum Gasteiger partial charge on any atom is -0.456 e. The van der Waals surface area contributed by atoms with E-state index in [1.54, 1.807) is 0 Å². The molecule has 0 fully saturated rings. The summed E-state index contributed by atoms with van der Waals surface area (Å²) in [5, 5.41) is 4.85. The first-order valence-corrected chi connectivity index (χ1v) is 18.1. The lowest BCUT2D eigenvalue weighted by molar-refractivity contribution is 0.669. The monoisotopic (exact) mass is 669 g/mol. The quantitative estimate of drug-likeness (QED) is 0.175. The Hall–Kier alpha value is -6.42. The van der Waals surface area contributed by atoms with Crippen molar-refractivity contribution in [1.29, 1.82) is 0 Å². The van der Waals surface area contributed by atoms with Crippen LogP contribution in [0, 0.1) is 0 Å². The normalized spacial score (nSPS) is 11.5. The number of fused-ring (bicyclic) bond motifs is 6. The van der Waals surface area contributed by atoms with Gasteiger partial charge in [-0.05, 0) is 88.0 Å². The molecule has 0 atom stereocenters. The molecule has 0 aliphatic rings. The van der Waals surface area contributed by atoms with Crippen LogP contribution in [0.1, 0.15) is 0 Å². The van der Waals surface area contributed by atoms with Gasteiger partial charge < -0.3 is 9.32 Å². The predicted octanol–water partition coefficient (Wildman–Crippen LogP) is 14.4. The fourth-order valence-corrected chi connectivity index (χ4v) is 8.53. The van der Waals surface area contributed by atoms with Gasteiger partial charge in [-0.15, -0.1) is 11.3 Å². The van der Waals surface area contributed by atoms with Gasteiger partial charge in [-0.1, -0.05) is 133 Å². The molecule has 0 amide bonds. The first kappa shape index (κ1) is 29.5. The molecule has 0 saturated carbocycles. The van der Waals surface area contributed by atoms with Crippen LogP contribution in [0.25, 0.3) is 75.5 Å². The number of anilines is 3. The van der Waals surface area contributed by atoms with E-state index in [0.29, 0.717) is 0 Å². The van der Waals surface area contributed by atoms with Gasteiger partial charge in [0.25, 0.3) is 0 Å². The Bertz CT molecular complexity index is 2850. The highest BCUT2D eigenvalue weighted by atomic mass is 32.1. The van der Waals surface area contributed by atoms with Gasteiger partial charge in [-0.25, -0.2) is 0 Å². The number of furan rings is 1. The molecular formula is C48H31NOS. The summed E-state index contributed by atoms with van der Waals surface area (Å²) in [4.78, 5) is 2.37. The van der Waals surface area contributed by atoms with Gasteiger partial charge in [-0.3, -0.25) is 0 Å². The van der Waals surface area contributed by atoms with Crippen LogP contribution in [-0.4, -0.2) is 0 Å². The van der Waals surface area contributed by atoms with Crippen molar-refractivity contribution in [2.24, 2.45) is 0 Å². The minimum atomic E-state index is 0.875. The molecule has 240 valence electrons. The smallest absolute Gasteiger partial charge is 0.137 e. The Morgan fingerprint density at radius 1 is 0.353 bits per heavy atom. The average molecular weight is 670 g/mol. The molecule has 0 aliphatic heterocycles. The highest BCUT2D eigenvalue weighted by Crippen LogP contribution is 2.44. The van der Waals surface area contributed by atoms with Crippen LogP contribution in [0.4, 0.5) is 17.1 Å². The van der Waals surface area contributed by atoms with E-state index in [0.717, 1.165) is 44.6 Å². The molecule has 8 aromatic carbocycles. The molecule has 0 spiro atoms. The van der Waals surface area contributed by atoms with Crippen molar-refractivity contribution in [2.45, 2.75) is 0 Å². The Labute approximate surface area is 300 Å². The van der Waals surface area contributed by atoms with Gasteiger partial charge >= 0.3 is 0 Å². The van der Waals surface area contributed by atoms with Crippen molar-refractivity contribution >= 4 is 70.5 Å². The minimum absolute atomic E-state index is 0.875. The second kappa shape index (κ2) is 12.2. The van der Waals surface area contributed by atoms with E-state index in [1.807, 2.05) is 23.5 Å². The first-order valence-electron chi connectivity index (χ1n) is 17.2. The largest absolute Gasteiger partial charge is 0.456 e. The molecule has 0 radical (unpaired) electrons. The van der Waals surface area contributed by atoms with Crippen LogP contribution in [0.3, 0.4) is 0 Å². The summed E-state index contributed by atoms with van der Waals surface area (Å²) in [7, 11) is 0. The van der Waals surface area contributed by atoms with Crippen molar-refractivity contribution in [3.8, 4) is 33.4 Å². The van der Waals surface area contributed by atoms with Crippen molar-refractivity contribution in [1.82, 2.24) is 0 Å². The van der Waals surface area contributed by atoms with Gasteiger partial charge in [0.2, 0.25) is 0 Å². The maximum absolute atomic E-state index is 6.36. The lowest BCUT2D eigenvalue weighted by Crippen LogP contribution is -2.10. The van der Waals surface area contributed by atoms with E-state index in [4.69, 9.17) is 4.42 Å². The third-order valence-electron chi connectivity index (χ3n) is 9.89. The SMILES string of the molecule is c1ccc(-c2ccc(-c3cccc(N(c4ccc(-c5ccc6c(c5)sc5ccccc56)cc4)c4cccc5oc6ccccc6c45)c3)cc2)cc1. The van der Waals surface area contributed by atoms with Gasteiger partial charge in [-0.2, -0.15) is 0 Å². The molecule has 0 unspecified atom stereocenters. The number of nitrogens with zero attached hydrogens (tertiary/aromatic N) is 1. The molecule has 0 bridgehead atoms. The van der Waals surface area contributed by atoms with Crippen LogP contribution >= 0.6 is 11.3 Å². The molecule has 3 heteroatoms. The zero-order chi connectivity index (χ0) is 33.7. The van der Waals surface area contributed by atoms with Gasteiger partial charge in [0, 0.05) is 36.9 Å². The van der Waals surface area contributed by atoms with E-state index >= 15 is 0 Å². The number of thiophene rings is 1. The molecule has 0 aliphatic carbocycles. The van der Waals surface area contributed by atoms with Crippen LogP contribution in [0.15, 0.2) is 192 Å². The second-order valence-electron chi connectivity index (χ2n) is 12.9. The maximum Gasteiger partial charge on any atom is 0.137 e. The lowest BCUT2D eigenvalue weighted by Gasteiger charge is -2.27. The van der Waals surface area contributed by atoms with Crippen LogP contribution < -0.4 is 4.90 Å². The van der Waals surface area contributed by atoms with Crippen LogP contribution in [0.5, 0.6) is 0 Å². The Balaban J connectivity index is 1.09. The predicted molar refractivity (Wildman–Crippen MR) is 218 cm³/mol. The topological polar surface area (TPSA) is 16.4 Å². The van der Waals surface area contributed by atoms with Crippen molar-refractivity contribution in [3.63, 3.8) is 0 Å². The average Bonchev–Trinajstić information content (AvgIpc) is 3.77. The number of rotatable bonds is 6. The van der Waals surface area contributed by atoms with E-state index in [-0.39, 0.29) is 0 Å². The Morgan fingerprint density at radius 2 is 0.922 bits per heavy atom.